The summed E-state index contributed by atoms with van der Waals surface area (Å²) in [6.45, 7) is 8.84. The number of piperazine rings is 1. The number of aromatic nitrogens is 1. The molecule has 2 aliphatic rings. The highest BCUT2D eigenvalue weighted by Crippen LogP contribution is 2.26. The maximum Gasteiger partial charge on any atom is 0.251 e. The summed E-state index contributed by atoms with van der Waals surface area (Å²) in [4.78, 5) is 21.4. The van der Waals surface area contributed by atoms with Crippen molar-refractivity contribution in [3.63, 3.8) is 0 Å². The van der Waals surface area contributed by atoms with Gasteiger partial charge >= 0.3 is 0 Å². The smallest absolute Gasteiger partial charge is 0.251 e. The lowest BCUT2D eigenvalue weighted by atomic mass is 10.0. The van der Waals surface area contributed by atoms with E-state index >= 15 is 0 Å². The van der Waals surface area contributed by atoms with Crippen LogP contribution in [0.2, 0.25) is 5.15 Å². The zero-order valence-corrected chi connectivity index (χ0v) is 16.8. The van der Waals surface area contributed by atoms with Crippen LogP contribution in [0.1, 0.15) is 29.5 Å². The summed E-state index contributed by atoms with van der Waals surface area (Å²) in [6.07, 6.45) is 1.63. The Bertz CT molecular complexity index is 856. The highest BCUT2D eigenvalue weighted by Gasteiger charge is 2.30. The van der Waals surface area contributed by atoms with Gasteiger partial charge in [-0.2, -0.15) is 0 Å². The zero-order chi connectivity index (χ0) is 19.0. The van der Waals surface area contributed by atoms with Gasteiger partial charge in [-0.25, -0.2) is 4.98 Å². The molecule has 2 fully saturated rings. The molecule has 0 saturated carbocycles. The van der Waals surface area contributed by atoms with Crippen molar-refractivity contribution in [2.45, 2.75) is 39.3 Å². The summed E-state index contributed by atoms with van der Waals surface area (Å²) >= 11 is 6.49. The number of aryl methyl sites for hydroxylation is 2. The second-order valence-corrected chi connectivity index (χ2v) is 7.98. The Hall–Kier alpha value is -1.69. The number of amides is 1. The Morgan fingerprint density at radius 1 is 1.26 bits per heavy atom. The molecule has 0 N–H and O–H groups in total. The molecule has 3 heterocycles. The number of carbonyl (C=O) groups is 1. The van der Waals surface area contributed by atoms with Crippen molar-refractivity contribution in [1.29, 1.82) is 0 Å². The zero-order valence-electron chi connectivity index (χ0n) is 16.0. The molecule has 1 atom stereocenters. The number of carbonyl (C=O) groups excluding carboxylic acids is 1. The number of rotatable bonds is 3. The third kappa shape index (κ3) is 3.82. The van der Waals surface area contributed by atoms with Crippen LogP contribution in [0, 0.1) is 13.8 Å². The first-order chi connectivity index (χ1) is 13.0. The predicted molar refractivity (Wildman–Crippen MR) is 107 cm³/mol. The molecule has 0 aliphatic carbocycles. The van der Waals surface area contributed by atoms with Crippen LogP contribution >= 0.6 is 11.6 Å². The fourth-order valence-electron chi connectivity index (χ4n) is 3.96. The molecule has 5 nitrogen and oxygen atoms in total. The van der Waals surface area contributed by atoms with E-state index in [1.807, 2.05) is 4.90 Å². The minimum Gasteiger partial charge on any atom is -0.368 e. The number of hydrogen-bond donors (Lipinski definition) is 0. The minimum absolute atomic E-state index is 0.156. The standard InChI is InChI=1S/C21H26ClN3O2/c1-14-5-6-16-12-17(20(22)23-19(16)15(14)2)13-24-7-9-25(10-8-24)21(26)18-4-3-11-27-18/h5-6,12,18H,3-4,7-11,13H2,1-2H3/t18-/m0/s1. The van der Waals surface area contributed by atoms with Crippen LogP contribution in [0.4, 0.5) is 0 Å². The lowest BCUT2D eigenvalue weighted by molar-refractivity contribution is -0.142. The maximum atomic E-state index is 12.5. The summed E-state index contributed by atoms with van der Waals surface area (Å²) in [5.74, 6) is 0.156. The quantitative estimate of drug-likeness (QED) is 0.758. The first-order valence-corrected chi connectivity index (χ1v) is 10.1. The molecule has 144 valence electrons. The van der Waals surface area contributed by atoms with Crippen LogP contribution in [0.25, 0.3) is 10.9 Å². The average molecular weight is 388 g/mol. The molecule has 4 rings (SSSR count). The van der Waals surface area contributed by atoms with Gasteiger partial charge in [-0.15, -0.1) is 0 Å². The van der Waals surface area contributed by atoms with Gasteiger partial charge in [0.05, 0.1) is 5.52 Å². The van der Waals surface area contributed by atoms with Crippen molar-refractivity contribution in [1.82, 2.24) is 14.8 Å². The fraction of sp³-hybridized carbons (Fsp3) is 0.524. The second-order valence-electron chi connectivity index (χ2n) is 7.62. The Morgan fingerprint density at radius 3 is 2.74 bits per heavy atom. The summed E-state index contributed by atoms with van der Waals surface area (Å²) in [6, 6.07) is 6.40. The van der Waals surface area contributed by atoms with Crippen LogP contribution in [0.3, 0.4) is 0 Å². The molecule has 1 amide bonds. The highest BCUT2D eigenvalue weighted by molar-refractivity contribution is 6.30. The number of nitrogens with zero attached hydrogens (tertiary/aromatic N) is 3. The van der Waals surface area contributed by atoms with Gasteiger partial charge in [-0.05, 0) is 43.9 Å². The molecule has 1 aromatic heterocycles. The molecule has 0 radical (unpaired) electrons. The average Bonchev–Trinajstić information content (AvgIpc) is 3.21. The van der Waals surface area contributed by atoms with Crippen LogP contribution in [0.15, 0.2) is 18.2 Å². The number of hydrogen-bond acceptors (Lipinski definition) is 4. The Labute approximate surface area is 165 Å². The molecule has 2 saturated heterocycles. The molecule has 0 bridgehead atoms. The molecule has 6 heteroatoms. The topological polar surface area (TPSA) is 45.7 Å². The van der Waals surface area contributed by atoms with Crippen LogP contribution in [0.5, 0.6) is 0 Å². The minimum atomic E-state index is -0.220. The largest absolute Gasteiger partial charge is 0.368 e. The van der Waals surface area contributed by atoms with E-state index in [1.54, 1.807) is 0 Å². The molecule has 0 spiro atoms. The monoisotopic (exact) mass is 387 g/mol. The van der Waals surface area contributed by atoms with E-state index in [0.717, 1.165) is 62.0 Å². The first kappa shape index (κ1) is 18.7. The van der Waals surface area contributed by atoms with E-state index in [2.05, 4.69) is 41.9 Å². The van der Waals surface area contributed by atoms with Crippen molar-refractivity contribution in [3.05, 3.63) is 40.0 Å². The SMILES string of the molecule is Cc1ccc2cc(CN3CCN(C(=O)[C@@H]4CCCO4)CC3)c(Cl)nc2c1C. The lowest BCUT2D eigenvalue weighted by Crippen LogP contribution is -2.51. The Balaban J connectivity index is 1.42. The summed E-state index contributed by atoms with van der Waals surface area (Å²) in [5.41, 5.74) is 4.44. The molecule has 27 heavy (non-hydrogen) atoms. The Kier molecular flexibility index (Phi) is 5.35. The third-order valence-electron chi connectivity index (χ3n) is 5.82. The van der Waals surface area contributed by atoms with Gasteiger partial charge in [-0.1, -0.05) is 23.7 Å². The molecule has 0 unspecified atom stereocenters. The predicted octanol–water partition coefficient (Wildman–Crippen LogP) is 3.33. The Morgan fingerprint density at radius 2 is 2.04 bits per heavy atom. The van der Waals surface area contributed by atoms with E-state index in [1.165, 1.54) is 11.1 Å². The molecule has 2 aromatic rings. The summed E-state index contributed by atoms with van der Waals surface area (Å²) < 4.78 is 5.53. The third-order valence-corrected chi connectivity index (χ3v) is 6.15. The number of ether oxygens (including phenoxy) is 1. The lowest BCUT2D eigenvalue weighted by Gasteiger charge is -2.35. The van der Waals surface area contributed by atoms with Crippen LogP contribution in [-0.4, -0.2) is 59.6 Å². The molecular weight excluding hydrogens is 362 g/mol. The number of halogens is 1. The van der Waals surface area contributed by atoms with Crippen molar-refractivity contribution in [2.24, 2.45) is 0 Å². The van der Waals surface area contributed by atoms with E-state index < -0.39 is 0 Å². The normalized spacial score (nSPS) is 21.1. The second kappa shape index (κ2) is 7.74. The van der Waals surface area contributed by atoms with Gasteiger partial charge in [-0.3, -0.25) is 9.69 Å². The van der Waals surface area contributed by atoms with Crippen molar-refractivity contribution < 1.29 is 9.53 Å². The number of fused-ring (bicyclic) bond motifs is 1. The molecule has 1 aromatic carbocycles. The van der Waals surface area contributed by atoms with Gasteiger partial charge in [0, 0.05) is 50.3 Å². The summed E-state index contributed by atoms with van der Waals surface area (Å²) in [5, 5.41) is 1.71. The fourth-order valence-corrected chi connectivity index (χ4v) is 4.16. The van der Waals surface area contributed by atoms with Crippen molar-refractivity contribution in [2.75, 3.05) is 32.8 Å². The van der Waals surface area contributed by atoms with Gasteiger partial charge < -0.3 is 9.64 Å². The van der Waals surface area contributed by atoms with E-state index in [0.29, 0.717) is 11.8 Å². The van der Waals surface area contributed by atoms with Crippen molar-refractivity contribution >= 4 is 28.4 Å². The van der Waals surface area contributed by atoms with Crippen molar-refractivity contribution in [3.8, 4) is 0 Å². The van der Waals surface area contributed by atoms with E-state index in [4.69, 9.17) is 16.3 Å². The van der Waals surface area contributed by atoms with Gasteiger partial charge in [0.25, 0.3) is 5.91 Å². The number of pyridine rings is 1. The maximum absolute atomic E-state index is 12.5. The number of benzene rings is 1. The van der Waals surface area contributed by atoms with E-state index in [-0.39, 0.29) is 12.0 Å². The summed E-state index contributed by atoms with van der Waals surface area (Å²) in [7, 11) is 0. The van der Waals surface area contributed by atoms with Gasteiger partial charge in [0.15, 0.2) is 0 Å². The van der Waals surface area contributed by atoms with E-state index in [9.17, 15) is 4.79 Å². The van der Waals surface area contributed by atoms with Crippen LogP contribution in [-0.2, 0) is 16.1 Å². The molecular formula is C21H26ClN3O2. The highest BCUT2D eigenvalue weighted by atomic mass is 35.5. The van der Waals surface area contributed by atoms with Gasteiger partial charge in [0.1, 0.15) is 11.3 Å². The first-order valence-electron chi connectivity index (χ1n) is 9.71. The van der Waals surface area contributed by atoms with Gasteiger partial charge in [0.2, 0.25) is 0 Å². The molecule has 2 aliphatic heterocycles. The van der Waals surface area contributed by atoms with Crippen LogP contribution < -0.4 is 0 Å².